The number of aromatic nitrogens is 3. The molecule has 0 radical (unpaired) electrons. The Labute approximate surface area is 124 Å². The molecule has 0 saturated heterocycles. The SMILES string of the molecule is CCNC(Cc1ncnn1C)c1ccc(F)c(F)c1Br. The number of halogens is 3. The molecular formula is C13H15BrF2N4. The summed E-state index contributed by atoms with van der Waals surface area (Å²) < 4.78 is 28.7. The van der Waals surface area contributed by atoms with Gasteiger partial charge in [0.25, 0.3) is 0 Å². The van der Waals surface area contributed by atoms with Gasteiger partial charge in [-0.25, -0.2) is 13.8 Å². The molecule has 0 aliphatic heterocycles. The van der Waals surface area contributed by atoms with Crippen LogP contribution in [0.1, 0.15) is 24.4 Å². The Morgan fingerprint density at radius 1 is 1.40 bits per heavy atom. The Kier molecular flexibility index (Phi) is 4.82. The van der Waals surface area contributed by atoms with E-state index in [9.17, 15) is 8.78 Å². The lowest BCUT2D eigenvalue weighted by Crippen LogP contribution is -2.25. The molecule has 4 nitrogen and oxygen atoms in total. The lowest BCUT2D eigenvalue weighted by Gasteiger charge is -2.19. The monoisotopic (exact) mass is 344 g/mol. The second kappa shape index (κ2) is 6.41. The Morgan fingerprint density at radius 3 is 2.75 bits per heavy atom. The van der Waals surface area contributed by atoms with Crippen molar-refractivity contribution in [3.63, 3.8) is 0 Å². The van der Waals surface area contributed by atoms with E-state index in [2.05, 4.69) is 31.3 Å². The minimum Gasteiger partial charge on any atom is -0.310 e. The minimum absolute atomic E-state index is 0.144. The van der Waals surface area contributed by atoms with Gasteiger partial charge in [-0.2, -0.15) is 5.10 Å². The predicted octanol–water partition coefficient (Wildman–Crippen LogP) is 2.75. The van der Waals surface area contributed by atoms with Gasteiger partial charge in [-0.3, -0.25) is 4.68 Å². The van der Waals surface area contributed by atoms with Crippen molar-refractivity contribution in [3.05, 3.63) is 46.0 Å². The quantitative estimate of drug-likeness (QED) is 0.848. The van der Waals surface area contributed by atoms with Gasteiger partial charge in [-0.05, 0) is 34.1 Å². The third kappa shape index (κ3) is 3.04. The Bertz CT molecular complexity index is 600. The number of benzene rings is 1. The topological polar surface area (TPSA) is 42.7 Å². The summed E-state index contributed by atoms with van der Waals surface area (Å²) in [6, 6.07) is 2.54. The second-order valence-corrected chi connectivity index (χ2v) is 5.17. The van der Waals surface area contributed by atoms with E-state index in [1.54, 1.807) is 17.8 Å². The largest absolute Gasteiger partial charge is 0.310 e. The molecule has 0 saturated carbocycles. The fourth-order valence-electron chi connectivity index (χ4n) is 2.04. The van der Waals surface area contributed by atoms with Gasteiger partial charge in [-0.1, -0.05) is 13.0 Å². The van der Waals surface area contributed by atoms with E-state index in [0.29, 0.717) is 18.5 Å². The summed E-state index contributed by atoms with van der Waals surface area (Å²) in [5.41, 5.74) is 0.661. The van der Waals surface area contributed by atoms with Crippen molar-refractivity contribution >= 4 is 15.9 Å². The van der Waals surface area contributed by atoms with Crippen LogP contribution in [0.4, 0.5) is 8.78 Å². The molecule has 1 heterocycles. The van der Waals surface area contributed by atoms with Crippen molar-refractivity contribution in [1.82, 2.24) is 20.1 Å². The van der Waals surface area contributed by atoms with Gasteiger partial charge >= 0.3 is 0 Å². The van der Waals surface area contributed by atoms with Crippen LogP contribution in [0.3, 0.4) is 0 Å². The molecule has 1 N–H and O–H groups in total. The van der Waals surface area contributed by atoms with Gasteiger partial charge in [0.15, 0.2) is 11.6 Å². The number of rotatable bonds is 5. The van der Waals surface area contributed by atoms with Crippen molar-refractivity contribution in [2.75, 3.05) is 6.54 Å². The summed E-state index contributed by atoms with van der Waals surface area (Å²) >= 11 is 3.13. The summed E-state index contributed by atoms with van der Waals surface area (Å²) in [5.74, 6) is -0.967. The smallest absolute Gasteiger partial charge is 0.173 e. The van der Waals surface area contributed by atoms with E-state index < -0.39 is 11.6 Å². The van der Waals surface area contributed by atoms with Gasteiger partial charge in [0.2, 0.25) is 0 Å². The molecule has 1 aromatic heterocycles. The molecule has 20 heavy (non-hydrogen) atoms. The average molecular weight is 345 g/mol. The fourth-order valence-corrected chi connectivity index (χ4v) is 2.63. The van der Waals surface area contributed by atoms with Crippen LogP contribution in [0.15, 0.2) is 22.9 Å². The van der Waals surface area contributed by atoms with Crippen molar-refractivity contribution in [3.8, 4) is 0 Å². The molecule has 0 aliphatic carbocycles. The molecule has 0 aliphatic rings. The molecule has 0 fully saturated rings. The van der Waals surface area contributed by atoms with Gasteiger partial charge in [0.1, 0.15) is 12.2 Å². The normalized spacial score (nSPS) is 12.7. The maximum absolute atomic E-state index is 13.7. The van der Waals surface area contributed by atoms with Crippen molar-refractivity contribution in [2.24, 2.45) is 7.05 Å². The van der Waals surface area contributed by atoms with Crippen molar-refractivity contribution in [2.45, 2.75) is 19.4 Å². The first-order valence-electron chi connectivity index (χ1n) is 6.24. The van der Waals surface area contributed by atoms with Crippen LogP contribution in [0.2, 0.25) is 0 Å². The lowest BCUT2D eigenvalue weighted by molar-refractivity contribution is 0.485. The molecule has 7 heteroatoms. The number of nitrogens with zero attached hydrogens (tertiary/aromatic N) is 3. The molecule has 2 aromatic rings. The fraction of sp³-hybridized carbons (Fsp3) is 0.385. The molecule has 1 aromatic carbocycles. The molecule has 0 bridgehead atoms. The zero-order chi connectivity index (χ0) is 14.7. The average Bonchev–Trinajstić information content (AvgIpc) is 2.82. The number of likely N-dealkylation sites (N-methyl/N-ethyl adjacent to an activating group) is 1. The van der Waals surface area contributed by atoms with Gasteiger partial charge in [0.05, 0.1) is 4.47 Å². The van der Waals surface area contributed by atoms with Crippen LogP contribution in [0.25, 0.3) is 0 Å². The second-order valence-electron chi connectivity index (χ2n) is 4.38. The molecule has 1 unspecified atom stereocenters. The Morgan fingerprint density at radius 2 is 2.15 bits per heavy atom. The third-order valence-electron chi connectivity index (χ3n) is 3.08. The van der Waals surface area contributed by atoms with Crippen LogP contribution in [0, 0.1) is 11.6 Å². The van der Waals surface area contributed by atoms with Crippen molar-refractivity contribution in [1.29, 1.82) is 0 Å². The van der Waals surface area contributed by atoms with Crippen molar-refractivity contribution < 1.29 is 8.78 Å². The van der Waals surface area contributed by atoms with E-state index in [-0.39, 0.29) is 10.5 Å². The van der Waals surface area contributed by atoms with Gasteiger partial charge in [0, 0.05) is 19.5 Å². The van der Waals surface area contributed by atoms with Crippen LogP contribution in [-0.2, 0) is 13.5 Å². The number of aryl methyl sites for hydroxylation is 1. The molecule has 0 amide bonds. The van der Waals surface area contributed by atoms with Crippen LogP contribution in [-0.4, -0.2) is 21.3 Å². The van der Waals surface area contributed by atoms with Crippen LogP contribution >= 0.6 is 15.9 Å². The minimum atomic E-state index is -0.872. The van der Waals surface area contributed by atoms with Gasteiger partial charge < -0.3 is 5.32 Å². The number of hydrogen-bond donors (Lipinski definition) is 1. The highest BCUT2D eigenvalue weighted by atomic mass is 79.9. The van der Waals surface area contributed by atoms with E-state index >= 15 is 0 Å². The van der Waals surface area contributed by atoms with E-state index in [0.717, 1.165) is 11.9 Å². The highest BCUT2D eigenvalue weighted by Gasteiger charge is 2.20. The molecule has 2 rings (SSSR count). The zero-order valence-electron chi connectivity index (χ0n) is 11.2. The Balaban J connectivity index is 2.34. The summed E-state index contributed by atoms with van der Waals surface area (Å²) in [7, 11) is 1.80. The highest BCUT2D eigenvalue weighted by Crippen LogP contribution is 2.29. The first-order valence-corrected chi connectivity index (χ1v) is 7.03. The summed E-state index contributed by atoms with van der Waals surface area (Å²) in [5, 5.41) is 7.26. The van der Waals surface area contributed by atoms with E-state index in [1.807, 2.05) is 6.92 Å². The Hall–Kier alpha value is -1.34. The van der Waals surface area contributed by atoms with Gasteiger partial charge in [-0.15, -0.1) is 0 Å². The predicted molar refractivity (Wildman–Crippen MR) is 75.2 cm³/mol. The summed E-state index contributed by atoms with van der Waals surface area (Å²) in [6.45, 7) is 2.66. The van der Waals surface area contributed by atoms with E-state index in [1.165, 1.54) is 6.33 Å². The third-order valence-corrected chi connectivity index (χ3v) is 3.89. The maximum atomic E-state index is 13.7. The van der Waals surface area contributed by atoms with Crippen LogP contribution < -0.4 is 5.32 Å². The molecule has 0 spiro atoms. The molecular weight excluding hydrogens is 330 g/mol. The maximum Gasteiger partial charge on any atom is 0.173 e. The zero-order valence-corrected chi connectivity index (χ0v) is 12.8. The number of hydrogen-bond acceptors (Lipinski definition) is 3. The standard InChI is InChI=1S/C13H15BrF2N4/c1-3-17-10(6-11-18-7-19-20(11)2)8-4-5-9(15)13(16)12(8)14/h4-5,7,10,17H,3,6H2,1-2H3. The number of nitrogens with one attached hydrogen (secondary N) is 1. The van der Waals surface area contributed by atoms with Crippen LogP contribution in [0.5, 0.6) is 0 Å². The summed E-state index contributed by atoms with van der Waals surface area (Å²) in [4.78, 5) is 4.16. The molecule has 1 atom stereocenters. The highest BCUT2D eigenvalue weighted by molar-refractivity contribution is 9.10. The first kappa shape index (κ1) is 15.1. The lowest BCUT2D eigenvalue weighted by atomic mass is 10.0. The first-order chi connectivity index (χ1) is 9.54. The van der Waals surface area contributed by atoms with E-state index in [4.69, 9.17) is 0 Å². The molecule has 108 valence electrons. The summed E-state index contributed by atoms with van der Waals surface area (Å²) in [6.07, 6.45) is 2.01.